The number of halogens is 1. The van der Waals surface area contributed by atoms with E-state index in [1.54, 1.807) is 6.20 Å². The third kappa shape index (κ3) is 2.75. The largest absolute Gasteiger partial charge is 0.394 e. The van der Waals surface area contributed by atoms with Crippen LogP contribution in [0.2, 0.25) is 5.02 Å². The van der Waals surface area contributed by atoms with Crippen molar-refractivity contribution in [2.75, 3.05) is 31.1 Å². The second-order valence-corrected chi connectivity index (χ2v) is 5.61. The molecule has 1 aromatic rings. The molecule has 0 unspecified atom stereocenters. The van der Waals surface area contributed by atoms with E-state index < -0.39 is 0 Å². The Balaban J connectivity index is 2.40. The lowest BCUT2D eigenvalue weighted by atomic mass is 9.99. The van der Waals surface area contributed by atoms with E-state index in [-0.39, 0.29) is 29.3 Å². The molecule has 106 valence electrons. The standard InChI is InChI=1S/C12H19ClN4O2/c1-12(2)8-14-3-4-16(12)9-7-15-17(5-6-18)11(19)10(9)13/h7,14,18H,3-6,8H2,1-2H3. The third-order valence-electron chi connectivity index (χ3n) is 3.37. The molecular weight excluding hydrogens is 268 g/mol. The lowest BCUT2D eigenvalue weighted by Crippen LogP contribution is -2.58. The van der Waals surface area contributed by atoms with Gasteiger partial charge in [0.1, 0.15) is 5.02 Å². The van der Waals surface area contributed by atoms with E-state index in [0.717, 1.165) is 19.6 Å². The molecule has 0 spiro atoms. The number of rotatable bonds is 3. The number of anilines is 1. The predicted molar refractivity (Wildman–Crippen MR) is 74.9 cm³/mol. The van der Waals surface area contributed by atoms with Gasteiger partial charge in [-0.25, -0.2) is 4.68 Å². The molecule has 1 aromatic heterocycles. The van der Waals surface area contributed by atoms with Gasteiger partial charge in [-0.05, 0) is 13.8 Å². The lowest BCUT2D eigenvalue weighted by Gasteiger charge is -2.44. The molecule has 2 rings (SSSR count). The van der Waals surface area contributed by atoms with Crippen molar-refractivity contribution in [3.05, 3.63) is 21.6 Å². The average molecular weight is 287 g/mol. The first kappa shape index (κ1) is 14.3. The molecule has 0 aromatic carbocycles. The molecule has 1 fully saturated rings. The van der Waals surface area contributed by atoms with Crippen molar-refractivity contribution in [1.29, 1.82) is 0 Å². The molecule has 6 nitrogen and oxygen atoms in total. The van der Waals surface area contributed by atoms with E-state index in [1.807, 2.05) is 0 Å². The molecular formula is C12H19ClN4O2. The molecule has 0 bridgehead atoms. The summed E-state index contributed by atoms with van der Waals surface area (Å²) in [6, 6.07) is 0. The Morgan fingerprint density at radius 2 is 2.32 bits per heavy atom. The minimum atomic E-state index is -0.359. The molecule has 0 amide bonds. The van der Waals surface area contributed by atoms with Crippen LogP contribution in [-0.2, 0) is 6.54 Å². The third-order valence-corrected chi connectivity index (χ3v) is 3.72. The Morgan fingerprint density at radius 1 is 1.58 bits per heavy atom. The summed E-state index contributed by atoms with van der Waals surface area (Å²) in [6.45, 7) is 6.65. The summed E-state index contributed by atoms with van der Waals surface area (Å²) in [5.41, 5.74) is 0.175. The summed E-state index contributed by atoms with van der Waals surface area (Å²) < 4.78 is 1.18. The van der Waals surface area contributed by atoms with Crippen molar-refractivity contribution in [2.45, 2.75) is 25.9 Å². The number of aliphatic hydroxyl groups excluding tert-OH is 1. The van der Waals surface area contributed by atoms with Crippen LogP contribution in [0.15, 0.2) is 11.0 Å². The van der Waals surface area contributed by atoms with E-state index in [1.165, 1.54) is 4.68 Å². The summed E-state index contributed by atoms with van der Waals surface area (Å²) in [4.78, 5) is 14.1. The van der Waals surface area contributed by atoms with Gasteiger partial charge in [0.15, 0.2) is 0 Å². The fourth-order valence-corrected chi connectivity index (χ4v) is 2.58. The van der Waals surface area contributed by atoms with Crippen LogP contribution < -0.4 is 15.8 Å². The van der Waals surface area contributed by atoms with Crippen molar-refractivity contribution in [3.8, 4) is 0 Å². The molecule has 0 atom stereocenters. The number of nitrogens with one attached hydrogen (secondary N) is 1. The quantitative estimate of drug-likeness (QED) is 0.823. The molecule has 1 aliphatic rings. The van der Waals surface area contributed by atoms with Crippen molar-refractivity contribution in [1.82, 2.24) is 15.1 Å². The number of aromatic nitrogens is 2. The summed E-state index contributed by atoms with van der Waals surface area (Å²) >= 11 is 6.18. The lowest BCUT2D eigenvalue weighted by molar-refractivity contribution is 0.266. The van der Waals surface area contributed by atoms with Crippen molar-refractivity contribution in [2.24, 2.45) is 0 Å². The van der Waals surface area contributed by atoms with E-state index in [4.69, 9.17) is 16.7 Å². The fourth-order valence-electron chi connectivity index (χ4n) is 2.33. The summed E-state index contributed by atoms with van der Waals surface area (Å²) in [5.74, 6) is 0. The van der Waals surface area contributed by atoms with E-state index in [9.17, 15) is 4.79 Å². The van der Waals surface area contributed by atoms with Crippen molar-refractivity contribution < 1.29 is 5.11 Å². The van der Waals surface area contributed by atoms with Gasteiger partial charge < -0.3 is 15.3 Å². The molecule has 2 heterocycles. The topological polar surface area (TPSA) is 70.4 Å². The van der Waals surface area contributed by atoms with Gasteiger partial charge in [0.2, 0.25) is 0 Å². The Bertz CT molecular complexity index is 515. The zero-order chi connectivity index (χ0) is 14.0. The number of piperazine rings is 1. The van der Waals surface area contributed by atoms with Crippen LogP contribution in [0.3, 0.4) is 0 Å². The van der Waals surface area contributed by atoms with Crippen LogP contribution in [-0.4, -0.2) is 46.7 Å². The Labute approximate surface area is 117 Å². The highest BCUT2D eigenvalue weighted by Crippen LogP contribution is 2.28. The van der Waals surface area contributed by atoms with Gasteiger partial charge in [-0.3, -0.25) is 4.79 Å². The first-order valence-corrected chi connectivity index (χ1v) is 6.70. The maximum atomic E-state index is 12.0. The summed E-state index contributed by atoms with van der Waals surface area (Å²) in [7, 11) is 0. The van der Waals surface area contributed by atoms with Crippen LogP contribution in [0.5, 0.6) is 0 Å². The molecule has 2 N–H and O–H groups in total. The second-order valence-electron chi connectivity index (χ2n) is 5.24. The fraction of sp³-hybridized carbons (Fsp3) is 0.667. The molecule has 1 aliphatic heterocycles. The smallest absolute Gasteiger partial charge is 0.287 e. The van der Waals surface area contributed by atoms with Crippen molar-refractivity contribution in [3.63, 3.8) is 0 Å². The monoisotopic (exact) mass is 286 g/mol. The highest BCUT2D eigenvalue weighted by atomic mass is 35.5. The van der Waals surface area contributed by atoms with E-state index in [0.29, 0.717) is 5.69 Å². The van der Waals surface area contributed by atoms with Crippen LogP contribution in [0.25, 0.3) is 0 Å². The zero-order valence-electron chi connectivity index (χ0n) is 11.2. The molecule has 0 saturated carbocycles. The normalized spacial score (nSPS) is 18.6. The highest BCUT2D eigenvalue weighted by Gasteiger charge is 2.31. The van der Waals surface area contributed by atoms with Crippen molar-refractivity contribution >= 4 is 17.3 Å². The van der Waals surface area contributed by atoms with Gasteiger partial charge in [-0.1, -0.05) is 11.6 Å². The van der Waals surface area contributed by atoms with Gasteiger partial charge in [0, 0.05) is 25.2 Å². The Kier molecular flexibility index (Phi) is 4.13. The Hall–Kier alpha value is -1.11. The molecule has 19 heavy (non-hydrogen) atoms. The number of nitrogens with zero attached hydrogens (tertiary/aromatic N) is 3. The number of hydrogen-bond acceptors (Lipinski definition) is 5. The van der Waals surface area contributed by atoms with Gasteiger partial charge in [0.25, 0.3) is 5.56 Å². The minimum absolute atomic E-state index is 0.126. The van der Waals surface area contributed by atoms with E-state index >= 15 is 0 Å². The van der Waals surface area contributed by atoms with Gasteiger partial charge >= 0.3 is 0 Å². The van der Waals surface area contributed by atoms with Crippen LogP contribution in [0.4, 0.5) is 5.69 Å². The summed E-state index contributed by atoms with van der Waals surface area (Å²) in [5, 5.41) is 16.4. The minimum Gasteiger partial charge on any atom is -0.394 e. The highest BCUT2D eigenvalue weighted by molar-refractivity contribution is 6.33. The first-order chi connectivity index (χ1) is 8.97. The second kappa shape index (κ2) is 5.48. The zero-order valence-corrected chi connectivity index (χ0v) is 11.9. The Morgan fingerprint density at radius 3 is 2.95 bits per heavy atom. The van der Waals surface area contributed by atoms with E-state index in [2.05, 4.69) is 29.2 Å². The average Bonchev–Trinajstić information content (AvgIpc) is 2.36. The molecule has 7 heteroatoms. The maximum absolute atomic E-state index is 12.0. The first-order valence-electron chi connectivity index (χ1n) is 6.32. The number of hydrogen-bond donors (Lipinski definition) is 2. The summed E-state index contributed by atoms with van der Waals surface area (Å²) in [6.07, 6.45) is 1.60. The SMILES string of the molecule is CC1(C)CNCCN1c1cnn(CCO)c(=O)c1Cl. The van der Waals surface area contributed by atoms with Crippen LogP contribution in [0, 0.1) is 0 Å². The molecule has 0 aliphatic carbocycles. The van der Waals surface area contributed by atoms with Crippen LogP contribution >= 0.6 is 11.6 Å². The molecule has 0 radical (unpaired) electrons. The number of aliphatic hydroxyl groups is 1. The molecule has 1 saturated heterocycles. The van der Waals surface area contributed by atoms with Gasteiger partial charge in [-0.15, -0.1) is 0 Å². The van der Waals surface area contributed by atoms with Gasteiger partial charge in [-0.2, -0.15) is 5.10 Å². The van der Waals surface area contributed by atoms with Gasteiger partial charge in [0.05, 0.1) is 25.0 Å². The maximum Gasteiger partial charge on any atom is 0.287 e. The predicted octanol–water partition coefficient (Wildman–Crippen LogP) is 0.0772. The van der Waals surface area contributed by atoms with Crippen LogP contribution in [0.1, 0.15) is 13.8 Å².